The summed E-state index contributed by atoms with van der Waals surface area (Å²) in [6, 6.07) is 15.5. The van der Waals surface area contributed by atoms with Gasteiger partial charge in [-0.1, -0.05) is 51.8 Å². The number of alkyl halides is 1. The monoisotopic (exact) mass is 338 g/mol. The summed E-state index contributed by atoms with van der Waals surface area (Å²) in [5.74, 6) is 0.834. The van der Waals surface area contributed by atoms with Crippen LogP contribution < -0.4 is 0 Å². The molecule has 0 aromatic heterocycles. The second-order valence-electron chi connectivity index (χ2n) is 4.72. The molecule has 0 aliphatic heterocycles. The van der Waals surface area contributed by atoms with E-state index in [-0.39, 0.29) is 0 Å². The molecule has 19 heavy (non-hydrogen) atoms. The topological polar surface area (TPSA) is 20.2 Å². The summed E-state index contributed by atoms with van der Waals surface area (Å²) in [5, 5.41) is 11.2. The number of rotatable bonds is 5. The molecule has 0 aliphatic rings. The molecule has 0 fully saturated rings. The van der Waals surface area contributed by atoms with Crippen LogP contribution in [0.1, 0.15) is 11.1 Å². The number of halogens is 2. The van der Waals surface area contributed by atoms with Crippen LogP contribution in [-0.4, -0.2) is 10.4 Å². The average molecular weight is 340 g/mol. The first-order chi connectivity index (χ1) is 9.17. The highest BCUT2D eigenvalue weighted by atomic mass is 79.9. The van der Waals surface area contributed by atoms with E-state index in [0.29, 0.717) is 11.7 Å². The molecule has 1 nitrogen and oxygen atoms in total. The molecule has 1 unspecified atom stereocenters. The molecule has 0 saturated carbocycles. The van der Waals surface area contributed by atoms with E-state index in [1.807, 2.05) is 24.3 Å². The van der Waals surface area contributed by atoms with Gasteiger partial charge in [-0.2, -0.15) is 0 Å². The lowest BCUT2D eigenvalue weighted by Gasteiger charge is -2.14. The summed E-state index contributed by atoms with van der Waals surface area (Å²) >= 11 is 9.47. The predicted octanol–water partition coefficient (Wildman–Crippen LogP) is 4.84. The van der Waals surface area contributed by atoms with Crippen LogP contribution >= 0.6 is 27.5 Å². The summed E-state index contributed by atoms with van der Waals surface area (Å²) in [6.07, 6.45) is 1.94. The molecule has 1 atom stereocenters. The number of hydrogen-bond donors (Lipinski definition) is 1. The van der Waals surface area contributed by atoms with Gasteiger partial charge < -0.3 is 5.11 Å². The minimum Gasteiger partial charge on any atom is -0.508 e. The van der Waals surface area contributed by atoms with E-state index in [1.165, 1.54) is 11.1 Å². The number of phenols is 1. The lowest BCUT2D eigenvalue weighted by molar-refractivity contribution is 0.473. The highest BCUT2D eigenvalue weighted by Gasteiger charge is 2.10. The number of benzene rings is 2. The minimum atomic E-state index is 0.331. The van der Waals surface area contributed by atoms with Crippen LogP contribution in [0.2, 0.25) is 5.02 Å². The number of phenolic OH excluding ortho intramolecular Hbond substituents is 1. The number of aromatic hydroxyl groups is 1. The maximum atomic E-state index is 9.49. The maximum absolute atomic E-state index is 9.49. The van der Waals surface area contributed by atoms with Crippen molar-refractivity contribution in [1.29, 1.82) is 0 Å². The van der Waals surface area contributed by atoms with Crippen LogP contribution in [-0.2, 0) is 12.8 Å². The highest BCUT2D eigenvalue weighted by Crippen LogP contribution is 2.20. The molecule has 0 aliphatic carbocycles. The van der Waals surface area contributed by atoms with Crippen molar-refractivity contribution in [3.8, 4) is 5.75 Å². The Balaban J connectivity index is 2.02. The Morgan fingerprint density at radius 3 is 2.32 bits per heavy atom. The van der Waals surface area contributed by atoms with Crippen molar-refractivity contribution in [2.45, 2.75) is 12.8 Å². The molecule has 0 amide bonds. The lowest BCUT2D eigenvalue weighted by atomic mass is 9.94. The van der Waals surface area contributed by atoms with E-state index in [1.54, 1.807) is 6.07 Å². The second-order valence-corrected chi connectivity index (χ2v) is 5.81. The average Bonchev–Trinajstić information content (AvgIpc) is 2.40. The van der Waals surface area contributed by atoms with Gasteiger partial charge in [-0.3, -0.25) is 0 Å². The van der Waals surface area contributed by atoms with E-state index in [9.17, 15) is 5.11 Å². The third-order valence-electron chi connectivity index (χ3n) is 3.09. The van der Waals surface area contributed by atoms with Gasteiger partial charge in [-0.15, -0.1) is 0 Å². The Bertz CT molecular complexity index is 525. The van der Waals surface area contributed by atoms with Crippen LogP contribution in [0, 0.1) is 5.92 Å². The van der Waals surface area contributed by atoms with E-state index < -0.39 is 0 Å². The van der Waals surface area contributed by atoms with Gasteiger partial charge in [-0.25, -0.2) is 0 Å². The van der Waals surface area contributed by atoms with E-state index in [0.717, 1.165) is 23.2 Å². The van der Waals surface area contributed by atoms with Gasteiger partial charge in [0.05, 0.1) is 0 Å². The van der Waals surface area contributed by atoms with E-state index in [2.05, 4.69) is 34.1 Å². The largest absolute Gasteiger partial charge is 0.508 e. The maximum Gasteiger partial charge on any atom is 0.115 e. The predicted molar refractivity (Wildman–Crippen MR) is 84.3 cm³/mol. The fourth-order valence-electron chi connectivity index (χ4n) is 2.15. The Hall–Kier alpha value is -0.990. The zero-order chi connectivity index (χ0) is 13.7. The first-order valence-corrected chi connectivity index (χ1v) is 7.75. The van der Waals surface area contributed by atoms with Gasteiger partial charge in [0.2, 0.25) is 0 Å². The Kier molecular flexibility index (Phi) is 5.29. The molecule has 0 saturated heterocycles. The summed E-state index contributed by atoms with van der Waals surface area (Å²) in [6.45, 7) is 0. The van der Waals surface area contributed by atoms with Gasteiger partial charge in [0, 0.05) is 10.4 Å². The molecule has 1 N–H and O–H groups in total. The second kappa shape index (κ2) is 6.97. The highest BCUT2D eigenvalue weighted by molar-refractivity contribution is 9.09. The van der Waals surface area contributed by atoms with Crippen molar-refractivity contribution in [2.24, 2.45) is 5.92 Å². The van der Waals surface area contributed by atoms with E-state index in [4.69, 9.17) is 11.6 Å². The molecular weight excluding hydrogens is 324 g/mol. The summed E-state index contributed by atoms with van der Waals surface area (Å²) < 4.78 is 0. The third-order valence-corrected chi connectivity index (χ3v) is 4.26. The first-order valence-electron chi connectivity index (χ1n) is 6.25. The Morgan fingerprint density at radius 1 is 1.00 bits per heavy atom. The standard InChI is InChI=1S/C16H16BrClO/c17-11-14(8-12-4-6-15(18)7-5-12)9-13-2-1-3-16(19)10-13/h1-7,10,14,19H,8-9,11H2. The van der Waals surface area contributed by atoms with Crippen molar-refractivity contribution in [3.05, 3.63) is 64.7 Å². The van der Waals surface area contributed by atoms with Crippen LogP contribution in [0.15, 0.2) is 48.5 Å². The zero-order valence-electron chi connectivity index (χ0n) is 10.5. The summed E-state index contributed by atoms with van der Waals surface area (Å²) in [5.41, 5.74) is 2.45. The normalized spacial score (nSPS) is 12.3. The number of hydrogen-bond acceptors (Lipinski definition) is 1. The SMILES string of the molecule is Oc1cccc(CC(CBr)Cc2ccc(Cl)cc2)c1. The molecule has 0 bridgehead atoms. The van der Waals surface area contributed by atoms with Crippen LogP contribution in [0.4, 0.5) is 0 Å². The Labute approximate surface area is 127 Å². The molecule has 3 heteroatoms. The molecule has 0 heterocycles. The Morgan fingerprint density at radius 2 is 1.68 bits per heavy atom. The zero-order valence-corrected chi connectivity index (χ0v) is 12.9. The van der Waals surface area contributed by atoms with Crippen LogP contribution in [0.5, 0.6) is 5.75 Å². The molecule has 100 valence electrons. The van der Waals surface area contributed by atoms with Crippen molar-refractivity contribution in [1.82, 2.24) is 0 Å². The molecule has 0 radical (unpaired) electrons. The lowest BCUT2D eigenvalue weighted by Crippen LogP contribution is -2.09. The third kappa shape index (κ3) is 4.55. The fraction of sp³-hybridized carbons (Fsp3) is 0.250. The molecular formula is C16H16BrClO. The van der Waals surface area contributed by atoms with Gasteiger partial charge in [0.25, 0.3) is 0 Å². The van der Waals surface area contributed by atoms with Gasteiger partial charge in [0.1, 0.15) is 5.75 Å². The van der Waals surface area contributed by atoms with Crippen molar-refractivity contribution in [3.63, 3.8) is 0 Å². The summed E-state index contributed by atoms with van der Waals surface area (Å²) in [7, 11) is 0. The van der Waals surface area contributed by atoms with Crippen molar-refractivity contribution in [2.75, 3.05) is 5.33 Å². The van der Waals surface area contributed by atoms with Crippen molar-refractivity contribution < 1.29 is 5.11 Å². The minimum absolute atomic E-state index is 0.331. The smallest absolute Gasteiger partial charge is 0.115 e. The molecule has 2 aromatic rings. The van der Waals surface area contributed by atoms with Gasteiger partial charge in [0.15, 0.2) is 0 Å². The van der Waals surface area contributed by atoms with Crippen LogP contribution in [0.3, 0.4) is 0 Å². The molecule has 0 spiro atoms. The fourth-order valence-corrected chi connectivity index (χ4v) is 2.74. The molecule has 2 aromatic carbocycles. The van der Waals surface area contributed by atoms with Gasteiger partial charge >= 0.3 is 0 Å². The van der Waals surface area contributed by atoms with Crippen LogP contribution in [0.25, 0.3) is 0 Å². The van der Waals surface area contributed by atoms with E-state index >= 15 is 0 Å². The first kappa shape index (κ1) is 14.4. The summed E-state index contributed by atoms with van der Waals surface area (Å²) in [4.78, 5) is 0. The quantitative estimate of drug-likeness (QED) is 0.773. The van der Waals surface area contributed by atoms with Crippen molar-refractivity contribution >= 4 is 27.5 Å². The molecule has 2 rings (SSSR count). The van der Waals surface area contributed by atoms with Gasteiger partial charge in [-0.05, 0) is 54.2 Å².